The number of carbonyl (C=O) groups is 1. The van der Waals surface area contributed by atoms with Gasteiger partial charge >= 0.3 is 5.69 Å². The van der Waals surface area contributed by atoms with Crippen LogP contribution in [0.15, 0.2) is 42.9 Å². The highest BCUT2D eigenvalue weighted by molar-refractivity contribution is 6.35. The summed E-state index contributed by atoms with van der Waals surface area (Å²) in [4.78, 5) is 22.8. The molecule has 1 N–H and O–H groups in total. The molecule has 1 atom stereocenters. The largest absolute Gasteiger partial charge is 0.307 e. The average Bonchev–Trinajstić information content (AvgIpc) is 3.29. The molecule has 0 bridgehead atoms. The van der Waals surface area contributed by atoms with Crippen LogP contribution < -0.4 is 5.32 Å². The van der Waals surface area contributed by atoms with Crippen molar-refractivity contribution in [2.24, 2.45) is 0 Å². The molecular weight excluding hydrogens is 407 g/mol. The lowest BCUT2D eigenvalue weighted by molar-refractivity contribution is -0.385. The van der Waals surface area contributed by atoms with Crippen LogP contribution in [-0.4, -0.2) is 30.4 Å². The lowest BCUT2D eigenvalue weighted by Crippen LogP contribution is -2.26. The van der Waals surface area contributed by atoms with Gasteiger partial charge in [-0.3, -0.25) is 24.3 Å². The summed E-state index contributed by atoms with van der Waals surface area (Å²) >= 11 is 12.3. The first kappa shape index (κ1) is 19.8. The van der Waals surface area contributed by atoms with Crippen LogP contribution in [0, 0.1) is 10.1 Å². The fourth-order valence-corrected chi connectivity index (χ4v) is 3.17. The zero-order valence-corrected chi connectivity index (χ0v) is 16.3. The summed E-state index contributed by atoms with van der Waals surface area (Å²) in [6.45, 7) is 2.13. The predicted octanol–water partition coefficient (Wildman–Crippen LogP) is 3.93. The van der Waals surface area contributed by atoms with Crippen LogP contribution >= 0.6 is 23.2 Å². The van der Waals surface area contributed by atoms with Gasteiger partial charge in [0.15, 0.2) is 5.82 Å². The molecule has 9 nitrogen and oxygen atoms in total. The maximum Gasteiger partial charge on any atom is 0.307 e. The fourth-order valence-electron chi connectivity index (χ4n) is 2.66. The van der Waals surface area contributed by atoms with Gasteiger partial charge in [0.2, 0.25) is 5.91 Å². The van der Waals surface area contributed by atoms with Gasteiger partial charge in [-0.25, -0.2) is 0 Å². The number of amides is 1. The molecule has 0 saturated heterocycles. The van der Waals surface area contributed by atoms with Crippen molar-refractivity contribution < 1.29 is 9.72 Å². The quantitative estimate of drug-likeness (QED) is 0.458. The molecule has 0 radical (unpaired) electrons. The van der Waals surface area contributed by atoms with Gasteiger partial charge in [-0.15, -0.1) is 0 Å². The third-order valence-corrected chi connectivity index (χ3v) is 4.79. The molecule has 0 saturated carbocycles. The van der Waals surface area contributed by atoms with E-state index in [2.05, 4.69) is 15.5 Å². The molecule has 1 amide bonds. The van der Waals surface area contributed by atoms with E-state index in [0.717, 1.165) is 11.8 Å². The van der Waals surface area contributed by atoms with Crippen molar-refractivity contribution >= 4 is 40.6 Å². The maximum absolute atomic E-state index is 12.6. The number of benzene rings is 1. The van der Waals surface area contributed by atoms with Gasteiger partial charge in [-0.05, 0) is 18.6 Å². The third kappa shape index (κ3) is 4.32. The van der Waals surface area contributed by atoms with Gasteiger partial charge in [-0.2, -0.15) is 10.2 Å². The topological polar surface area (TPSA) is 108 Å². The van der Waals surface area contributed by atoms with E-state index in [9.17, 15) is 14.9 Å². The number of carbonyl (C=O) groups excluding carboxylic acids is 1. The zero-order valence-electron chi connectivity index (χ0n) is 14.7. The van der Waals surface area contributed by atoms with E-state index in [-0.39, 0.29) is 11.6 Å². The van der Waals surface area contributed by atoms with Crippen LogP contribution in [0.3, 0.4) is 0 Å². The Hall–Kier alpha value is -2.91. The Morgan fingerprint density at radius 3 is 2.64 bits per heavy atom. The number of anilines is 1. The molecule has 1 aromatic carbocycles. The Kier molecular flexibility index (Phi) is 5.96. The first-order valence-corrected chi connectivity index (χ1v) is 9.10. The van der Waals surface area contributed by atoms with Crippen LogP contribution in [0.1, 0.15) is 24.9 Å². The summed E-state index contributed by atoms with van der Waals surface area (Å²) in [6, 6.07) is 6.18. The van der Waals surface area contributed by atoms with Crippen molar-refractivity contribution in [1.29, 1.82) is 0 Å². The summed E-state index contributed by atoms with van der Waals surface area (Å²) in [7, 11) is 0. The monoisotopic (exact) mass is 422 g/mol. The van der Waals surface area contributed by atoms with Crippen LogP contribution in [0.4, 0.5) is 11.5 Å². The molecule has 0 aliphatic rings. The highest BCUT2D eigenvalue weighted by atomic mass is 35.5. The SMILES string of the molecule is CCC(C(=O)Nc1ccn(Cc2c(Cl)cccc2Cl)n1)n1cc([N+](=O)[O-])cn1. The molecule has 3 aromatic rings. The minimum Gasteiger partial charge on any atom is -0.307 e. The van der Waals surface area contributed by atoms with Crippen molar-refractivity contribution in [3.05, 3.63) is 68.6 Å². The number of halogens is 2. The number of hydrogen-bond donors (Lipinski definition) is 1. The van der Waals surface area contributed by atoms with Gasteiger partial charge in [0.05, 0.1) is 11.5 Å². The van der Waals surface area contributed by atoms with Crippen LogP contribution in [0.25, 0.3) is 0 Å². The van der Waals surface area contributed by atoms with Gasteiger partial charge in [0, 0.05) is 27.9 Å². The summed E-state index contributed by atoms with van der Waals surface area (Å²) in [6.07, 6.45) is 4.43. The first-order valence-electron chi connectivity index (χ1n) is 8.34. The zero-order chi connectivity index (χ0) is 20.3. The number of nitrogens with zero attached hydrogens (tertiary/aromatic N) is 5. The Labute approximate surface area is 170 Å². The Morgan fingerprint density at radius 1 is 1.32 bits per heavy atom. The van der Waals surface area contributed by atoms with E-state index < -0.39 is 11.0 Å². The molecule has 0 aliphatic heterocycles. The third-order valence-electron chi connectivity index (χ3n) is 4.08. The smallest absolute Gasteiger partial charge is 0.307 e. The second kappa shape index (κ2) is 8.41. The van der Waals surface area contributed by atoms with Crippen LogP contribution in [0.5, 0.6) is 0 Å². The fraction of sp³-hybridized carbons (Fsp3) is 0.235. The molecule has 0 fully saturated rings. The predicted molar refractivity (Wildman–Crippen MR) is 105 cm³/mol. The highest BCUT2D eigenvalue weighted by Crippen LogP contribution is 2.25. The van der Waals surface area contributed by atoms with Crippen LogP contribution in [0.2, 0.25) is 10.0 Å². The lowest BCUT2D eigenvalue weighted by Gasteiger charge is -2.14. The number of aromatic nitrogens is 4. The van der Waals surface area contributed by atoms with E-state index in [0.29, 0.717) is 28.8 Å². The van der Waals surface area contributed by atoms with Gasteiger partial charge in [0.1, 0.15) is 18.4 Å². The minimum atomic E-state index is -0.697. The van der Waals surface area contributed by atoms with Gasteiger partial charge in [-0.1, -0.05) is 36.2 Å². The van der Waals surface area contributed by atoms with Crippen molar-refractivity contribution in [2.45, 2.75) is 25.9 Å². The molecule has 146 valence electrons. The summed E-state index contributed by atoms with van der Waals surface area (Å²) in [5, 5.41) is 22.8. The second-order valence-electron chi connectivity index (χ2n) is 5.95. The minimum absolute atomic E-state index is 0.174. The number of hydrogen-bond acceptors (Lipinski definition) is 5. The summed E-state index contributed by atoms with van der Waals surface area (Å²) < 4.78 is 2.87. The van der Waals surface area contributed by atoms with Gasteiger partial charge < -0.3 is 5.32 Å². The standard InChI is InChI=1S/C17H16Cl2N6O3/c1-2-15(24-9-11(8-20-24)25(27)28)17(26)21-16-6-7-23(22-16)10-12-13(18)4-3-5-14(12)19/h3-9,15H,2,10H2,1H3,(H,21,22,26). The molecule has 1 unspecified atom stereocenters. The van der Waals surface area contributed by atoms with Gasteiger partial charge in [0.25, 0.3) is 0 Å². The first-order chi connectivity index (χ1) is 13.4. The Bertz CT molecular complexity index is 996. The van der Waals surface area contributed by atoms with E-state index in [1.165, 1.54) is 10.9 Å². The average molecular weight is 423 g/mol. The molecule has 0 spiro atoms. The second-order valence-corrected chi connectivity index (χ2v) is 6.76. The Morgan fingerprint density at radius 2 is 2.04 bits per heavy atom. The number of nitro groups is 1. The van der Waals surface area contributed by atoms with Crippen LogP contribution in [-0.2, 0) is 11.3 Å². The molecule has 0 aliphatic carbocycles. The van der Waals surface area contributed by atoms with E-state index in [1.807, 2.05) is 0 Å². The van der Waals surface area contributed by atoms with E-state index in [1.54, 1.807) is 42.1 Å². The number of nitrogens with one attached hydrogen (secondary N) is 1. The van der Waals surface area contributed by atoms with Crippen molar-refractivity contribution in [1.82, 2.24) is 19.6 Å². The number of rotatable bonds is 7. The van der Waals surface area contributed by atoms with Crippen molar-refractivity contribution in [2.75, 3.05) is 5.32 Å². The molecule has 3 rings (SSSR count). The molecule has 2 aromatic heterocycles. The highest BCUT2D eigenvalue weighted by Gasteiger charge is 2.22. The molecular formula is C17H16Cl2N6O3. The maximum atomic E-state index is 12.6. The van der Waals surface area contributed by atoms with E-state index >= 15 is 0 Å². The summed E-state index contributed by atoms with van der Waals surface area (Å²) in [5.41, 5.74) is 0.550. The Balaban J connectivity index is 1.71. The summed E-state index contributed by atoms with van der Waals surface area (Å²) in [5.74, 6) is -0.0326. The molecule has 11 heteroatoms. The normalized spacial score (nSPS) is 12.0. The molecule has 2 heterocycles. The molecule has 28 heavy (non-hydrogen) atoms. The van der Waals surface area contributed by atoms with E-state index in [4.69, 9.17) is 23.2 Å². The lowest BCUT2D eigenvalue weighted by atomic mass is 10.2. The van der Waals surface area contributed by atoms with Crippen molar-refractivity contribution in [3.63, 3.8) is 0 Å². The van der Waals surface area contributed by atoms with Crippen molar-refractivity contribution in [3.8, 4) is 0 Å².